The van der Waals surface area contributed by atoms with Gasteiger partial charge in [-0.05, 0) is 12.8 Å². The minimum atomic E-state index is -0.836. The van der Waals surface area contributed by atoms with E-state index >= 15 is 0 Å². The molecule has 2 N–H and O–H groups in total. The fraction of sp³-hybridized carbons (Fsp3) is 0.400. The molecule has 0 unspecified atom stereocenters. The van der Waals surface area contributed by atoms with Crippen molar-refractivity contribution in [2.24, 2.45) is 0 Å². The van der Waals surface area contributed by atoms with Crippen LogP contribution in [0.4, 0.5) is 5.69 Å². The number of hydrogen-bond acceptors (Lipinski definition) is 4. The lowest BCUT2D eigenvalue weighted by Gasteiger charge is -2.02. The number of carboxylic acids is 1. The zero-order chi connectivity index (χ0) is 11.8. The molecule has 1 aromatic rings. The van der Waals surface area contributed by atoms with Crippen LogP contribution in [0.3, 0.4) is 0 Å². The van der Waals surface area contributed by atoms with Crippen LogP contribution < -0.4 is 5.32 Å². The van der Waals surface area contributed by atoms with Crippen molar-refractivity contribution in [2.75, 3.05) is 5.32 Å². The second kappa shape index (κ2) is 6.49. The molecule has 0 aliphatic heterocycles. The third kappa shape index (κ3) is 5.04. The van der Waals surface area contributed by atoms with Crippen LogP contribution in [0, 0.1) is 0 Å². The molecule has 6 heteroatoms. The van der Waals surface area contributed by atoms with Gasteiger partial charge in [-0.2, -0.15) is 0 Å². The fourth-order valence-electron chi connectivity index (χ4n) is 1.15. The number of nitrogens with one attached hydrogen (secondary N) is 1. The van der Waals surface area contributed by atoms with Gasteiger partial charge < -0.3 is 10.4 Å². The van der Waals surface area contributed by atoms with Crippen LogP contribution in [0.5, 0.6) is 0 Å². The summed E-state index contributed by atoms with van der Waals surface area (Å²) in [5.74, 6) is -0.989. The van der Waals surface area contributed by atoms with Crippen LogP contribution in [-0.2, 0) is 9.59 Å². The lowest BCUT2D eigenvalue weighted by atomic mass is 10.2. The molecule has 1 heterocycles. The normalized spacial score (nSPS) is 9.75. The van der Waals surface area contributed by atoms with Crippen LogP contribution >= 0.6 is 0 Å². The molecule has 1 amide bonds. The van der Waals surface area contributed by atoms with Crippen molar-refractivity contribution >= 4 is 17.6 Å². The van der Waals surface area contributed by atoms with Crippen LogP contribution in [0.1, 0.15) is 25.7 Å². The third-order valence-electron chi connectivity index (χ3n) is 1.89. The van der Waals surface area contributed by atoms with E-state index in [1.807, 2.05) is 0 Å². The molecule has 86 valence electrons. The monoisotopic (exact) mass is 223 g/mol. The summed E-state index contributed by atoms with van der Waals surface area (Å²) in [6.07, 6.45) is 5.86. The predicted molar refractivity (Wildman–Crippen MR) is 56.8 cm³/mol. The Morgan fingerprint density at radius 2 is 1.81 bits per heavy atom. The van der Waals surface area contributed by atoms with Gasteiger partial charge in [0.1, 0.15) is 6.33 Å². The molecule has 1 aromatic heterocycles. The van der Waals surface area contributed by atoms with Gasteiger partial charge in [-0.15, -0.1) is 0 Å². The average Bonchev–Trinajstić information content (AvgIpc) is 2.25. The van der Waals surface area contributed by atoms with Crippen LogP contribution in [-0.4, -0.2) is 27.0 Å². The number of amides is 1. The largest absolute Gasteiger partial charge is 0.481 e. The van der Waals surface area contributed by atoms with E-state index in [0.717, 1.165) is 0 Å². The molecule has 16 heavy (non-hydrogen) atoms. The highest BCUT2D eigenvalue weighted by molar-refractivity contribution is 5.90. The van der Waals surface area contributed by atoms with E-state index in [9.17, 15) is 9.59 Å². The maximum absolute atomic E-state index is 11.3. The Bertz CT molecular complexity index is 354. The first-order valence-corrected chi connectivity index (χ1v) is 4.95. The predicted octanol–water partition coefficient (Wildman–Crippen LogP) is 1.06. The summed E-state index contributed by atoms with van der Waals surface area (Å²) in [6.45, 7) is 0. The Hall–Kier alpha value is -1.98. The van der Waals surface area contributed by atoms with Gasteiger partial charge in [-0.1, -0.05) is 0 Å². The van der Waals surface area contributed by atoms with E-state index in [-0.39, 0.29) is 12.3 Å². The standard InChI is InChI=1S/C10H13N3O3/c14-9(3-1-2-4-10(15)16)13-8-5-11-7-12-6-8/h5-7H,1-4H2,(H,13,14)(H,15,16). The van der Waals surface area contributed by atoms with E-state index in [1.54, 1.807) is 0 Å². The highest BCUT2D eigenvalue weighted by Crippen LogP contribution is 2.04. The van der Waals surface area contributed by atoms with Crippen molar-refractivity contribution in [1.82, 2.24) is 9.97 Å². The highest BCUT2D eigenvalue weighted by Gasteiger charge is 2.03. The van der Waals surface area contributed by atoms with Gasteiger partial charge in [0, 0.05) is 12.8 Å². The Balaban J connectivity index is 2.19. The summed E-state index contributed by atoms with van der Waals surface area (Å²) in [4.78, 5) is 29.1. The van der Waals surface area contributed by atoms with Crippen molar-refractivity contribution < 1.29 is 14.7 Å². The van der Waals surface area contributed by atoms with E-state index in [1.165, 1.54) is 18.7 Å². The van der Waals surface area contributed by atoms with Crippen LogP contribution in [0.15, 0.2) is 18.7 Å². The second-order valence-electron chi connectivity index (χ2n) is 3.28. The number of hydrogen-bond donors (Lipinski definition) is 2. The molecular formula is C10H13N3O3. The summed E-state index contributed by atoms with van der Waals surface area (Å²) in [5, 5.41) is 11.0. The van der Waals surface area contributed by atoms with E-state index in [0.29, 0.717) is 24.9 Å². The molecule has 0 saturated carbocycles. The van der Waals surface area contributed by atoms with Crippen molar-refractivity contribution in [2.45, 2.75) is 25.7 Å². The topological polar surface area (TPSA) is 92.2 Å². The number of carboxylic acid groups (broad SMARTS) is 1. The summed E-state index contributed by atoms with van der Waals surface area (Å²) >= 11 is 0. The number of anilines is 1. The molecule has 0 saturated heterocycles. The van der Waals surface area contributed by atoms with E-state index in [4.69, 9.17) is 5.11 Å². The van der Waals surface area contributed by atoms with Gasteiger partial charge in [0.25, 0.3) is 0 Å². The SMILES string of the molecule is O=C(O)CCCCC(=O)Nc1cncnc1. The van der Waals surface area contributed by atoms with E-state index < -0.39 is 5.97 Å². The maximum Gasteiger partial charge on any atom is 0.303 e. The summed E-state index contributed by atoms with van der Waals surface area (Å²) in [7, 11) is 0. The molecule has 6 nitrogen and oxygen atoms in total. The number of carbonyl (C=O) groups is 2. The Kier molecular flexibility index (Phi) is 4.91. The first kappa shape index (κ1) is 12.1. The molecule has 0 bridgehead atoms. The quantitative estimate of drug-likeness (QED) is 0.703. The minimum Gasteiger partial charge on any atom is -0.481 e. The van der Waals surface area contributed by atoms with Crippen molar-refractivity contribution in [3.05, 3.63) is 18.7 Å². The fourth-order valence-corrected chi connectivity index (χ4v) is 1.15. The average molecular weight is 223 g/mol. The van der Waals surface area contributed by atoms with Gasteiger partial charge in [-0.25, -0.2) is 9.97 Å². The van der Waals surface area contributed by atoms with E-state index in [2.05, 4.69) is 15.3 Å². The molecule has 0 fully saturated rings. The third-order valence-corrected chi connectivity index (χ3v) is 1.89. The molecule has 0 atom stereocenters. The van der Waals surface area contributed by atoms with Gasteiger partial charge in [-0.3, -0.25) is 9.59 Å². The lowest BCUT2D eigenvalue weighted by Crippen LogP contribution is -2.11. The Labute approximate surface area is 92.7 Å². The number of carbonyl (C=O) groups excluding carboxylic acids is 1. The summed E-state index contributed by atoms with van der Waals surface area (Å²) < 4.78 is 0. The number of rotatable bonds is 6. The zero-order valence-corrected chi connectivity index (χ0v) is 8.72. The van der Waals surface area contributed by atoms with Gasteiger partial charge in [0.2, 0.25) is 5.91 Å². The van der Waals surface area contributed by atoms with Crippen molar-refractivity contribution in [1.29, 1.82) is 0 Å². The van der Waals surface area contributed by atoms with Gasteiger partial charge in [0.05, 0.1) is 18.1 Å². The van der Waals surface area contributed by atoms with Crippen LogP contribution in [0.25, 0.3) is 0 Å². The molecule has 0 aliphatic carbocycles. The molecule has 0 radical (unpaired) electrons. The smallest absolute Gasteiger partial charge is 0.303 e. The molecule has 0 aromatic carbocycles. The lowest BCUT2D eigenvalue weighted by molar-refractivity contribution is -0.137. The van der Waals surface area contributed by atoms with Gasteiger partial charge in [0.15, 0.2) is 0 Å². The Morgan fingerprint density at radius 1 is 1.19 bits per heavy atom. The van der Waals surface area contributed by atoms with Crippen molar-refractivity contribution in [3.8, 4) is 0 Å². The highest BCUT2D eigenvalue weighted by atomic mass is 16.4. The van der Waals surface area contributed by atoms with Gasteiger partial charge >= 0.3 is 5.97 Å². The molecule has 0 spiro atoms. The maximum atomic E-state index is 11.3. The Morgan fingerprint density at radius 3 is 2.44 bits per heavy atom. The van der Waals surface area contributed by atoms with Crippen LogP contribution in [0.2, 0.25) is 0 Å². The number of unbranched alkanes of at least 4 members (excludes halogenated alkanes) is 1. The minimum absolute atomic E-state index is 0.0989. The first-order chi connectivity index (χ1) is 7.68. The summed E-state index contributed by atoms with van der Waals surface area (Å²) in [5.41, 5.74) is 0.547. The first-order valence-electron chi connectivity index (χ1n) is 4.95. The zero-order valence-electron chi connectivity index (χ0n) is 8.72. The number of aliphatic carboxylic acids is 1. The number of nitrogens with zero attached hydrogens (tertiary/aromatic N) is 2. The summed E-state index contributed by atoms with van der Waals surface area (Å²) in [6, 6.07) is 0. The molecule has 1 rings (SSSR count). The molecule has 0 aliphatic rings. The van der Waals surface area contributed by atoms with Crippen molar-refractivity contribution in [3.63, 3.8) is 0 Å². The number of aromatic nitrogens is 2. The second-order valence-corrected chi connectivity index (χ2v) is 3.28. The molecular weight excluding hydrogens is 210 g/mol.